The van der Waals surface area contributed by atoms with Crippen molar-refractivity contribution in [2.45, 2.75) is 39.6 Å². The zero-order valence-electron chi connectivity index (χ0n) is 9.45. The third-order valence-electron chi connectivity index (χ3n) is 2.27. The molecule has 0 saturated heterocycles. The lowest BCUT2D eigenvalue weighted by molar-refractivity contribution is -0.278. The molecular weight excluding hydrogens is 192 g/mol. The molecule has 0 saturated carbocycles. The zero-order chi connectivity index (χ0) is 11.5. The Balaban J connectivity index is 3.06. The number of rotatable bonds is 4. The number of hydrogen-bond acceptors (Lipinski definition) is 3. The largest absolute Gasteiger partial charge is 0.439 e. The molecule has 0 unspecified atom stereocenters. The van der Waals surface area contributed by atoms with Gasteiger partial charge in [0.25, 0.3) is 0 Å². The molecule has 0 aliphatic heterocycles. The van der Waals surface area contributed by atoms with Crippen LogP contribution < -0.4 is 4.74 Å². The van der Waals surface area contributed by atoms with E-state index in [1.54, 1.807) is 6.07 Å². The molecule has 3 nitrogen and oxygen atoms in total. The fourth-order valence-electron chi connectivity index (χ4n) is 1.65. The molecule has 0 aliphatic carbocycles. The topological polar surface area (TPSA) is 49.7 Å². The van der Waals surface area contributed by atoms with E-state index < -0.39 is 5.97 Å². The minimum absolute atomic E-state index is 0.546. The molecule has 1 rings (SSSR count). The van der Waals surface area contributed by atoms with Crippen LogP contribution in [0.2, 0.25) is 0 Å². The highest BCUT2D eigenvalue weighted by Gasteiger charge is 2.19. The van der Waals surface area contributed by atoms with Crippen molar-refractivity contribution in [1.29, 1.82) is 0 Å². The van der Waals surface area contributed by atoms with Gasteiger partial charge in [0, 0.05) is 6.92 Å². The summed E-state index contributed by atoms with van der Waals surface area (Å²) in [6.45, 7) is 5.29. The first-order valence-corrected chi connectivity index (χ1v) is 5.22. The van der Waals surface area contributed by atoms with Crippen LogP contribution in [0.5, 0.6) is 5.75 Å². The predicted molar refractivity (Wildman–Crippen MR) is 58.7 cm³/mol. The molecule has 0 heterocycles. The highest BCUT2D eigenvalue weighted by atomic mass is 16.8. The molecule has 0 radical (unpaired) electrons. The molecule has 0 bridgehead atoms. The highest BCUT2D eigenvalue weighted by molar-refractivity contribution is 5.40. The van der Waals surface area contributed by atoms with Crippen molar-refractivity contribution in [3.63, 3.8) is 0 Å². The fourth-order valence-corrected chi connectivity index (χ4v) is 1.65. The molecule has 0 fully saturated rings. The molecule has 3 heteroatoms. The van der Waals surface area contributed by atoms with Gasteiger partial charge >= 0.3 is 5.97 Å². The minimum atomic E-state index is -2.11. The summed E-state index contributed by atoms with van der Waals surface area (Å²) in [5.74, 6) is -1.57. The van der Waals surface area contributed by atoms with Crippen LogP contribution >= 0.6 is 0 Å². The smallest absolute Gasteiger partial charge is 0.318 e. The van der Waals surface area contributed by atoms with Gasteiger partial charge in [-0.1, -0.05) is 26.0 Å². The standard InChI is InChI=1S/C12H18O3/c1-4-9-7-6-8-11(10(9)5-2)15-12(3,13)14/h6-8,13-14H,4-5H2,1-3H3. The molecule has 0 spiro atoms. The SMILES string of the molecule is CCc1cccc(OC(C)(O)O)c1CC. The van der Waals surface area contributed by atoms with Crippen LogP contribution in [0, 0.1) is 0 Å². The number of benzene rings is 1. The van der Waals surface area contributed by atoms with Crippen molar-refractivity contribution in [2.24, 2.45) is 0 Å². The molecule has 1 aromatic carbocycles. The van der Waals surface area contributed by atoms with E-state index in [0.29, 0.717) is 5.75 Å². The number of ether oxygens (including phenoxy) is 1. The summed E-state index contributed by atoms with van der Waals surface area (Å²) in [5, 5.41) is 18.4. The summed E-state index contributed by atoms with van der Waals surface area (Å²) < 4.78 is 5.08. The molecule has 2 N–H and O–H groups in total. The Morgan fingerprint density at radius 3 is 2.33 bits per heavy atom. The second-order valence-electron chi connectivity index (χ2n) is 3.64. The Hall–Kier alpha value is -1.06. The third kappa shape index (κ3) is 3.22. The van der Waals surface area contributed by atoms with Crippen molar-refractivity contribution in [3.05, 3.63) is 29.3 Å². The van der Waals surface area contributed by atoms with Crippen molar-refractivity contribution in [1.82, 2.24) is 0 Å². The molecule has 0 atom stereocenters. The van der Waals surface area contributed by atoms with Crippen molar-refractivity contribution in [3.8, 4) is 5.75 Å². The normalized spacial score (nSPS) is 11.5. The molecule has 15 heavy (non-hydrogen) atoms. The van der Waals surface area contributed by atoms with Gasteiger partial charge in [-0.15, -0.1) is 0 Å². The van der Waals surface area contributed by atoms with E-state index in [1.165, 1.54) is 12.5 Å². The second kappa shape index (κ2) is 4.64. The number of aryl methyl sites for hydroxylation is 1. The van der Waals surface area contributed by atoms with E-state index in [2.05, 4.69) is 6.92 Å². The summed E-state index contributed by atoms with van der Waals surface area (Å²) in [6.07, 6.45) is 1.73. The first kappa shape index (κ1) is 12.0. The van der Waals surface area contributed by atoms with Crippen LogP contribution in [0.25, 0.3) is 0 Å². The van der Waals surface area contributed by atoms with Gasteiger partial charge in [0.15, 0.2) is 0 Å². The van der Waals surface area contributed by atoms with Gasteiger partial charge < -0.3 is 14.9 Å². The van der Waals surface area contributed by atoms with Crippen molar-refractivity contribution < 1.29 is 14.9 Å². The van der Waals surface area contributed by atoms with Crippen LogP contribution in [-0.4, -0.2) is 16.2 Å². The summed E-state index contributed by atoms with van der Waals surface area (Å²) in [7, 11) is 0. The first-order chi connectivity index (χ1) is 6.98. The van der Waals surface area contributed by atoms with Gasteiger partial charge in [0.1, 0.15) is 5.75 Å². The van der Waals surface area contributed by atoms with Gasteiger partial charge in [-0.3, -0.25) is 0 Å². The van der Waals surface area contributed by atoms with Crippen LogP contribution in [0.4, 0.5) is 0 Å². The van der Waals surface area contributed by atoms with Crippen LogP contribution in [0.1, 0.15) is 31.9 Å². The fraction of sp³-hybridized carbons (Fsp3) is 0.500. The molecule has 84 valence electrons. The Morgan fingerprint density at radius 2 is 1.87 bits per heavy atom. The Labute approximate surface area is 90.3 Å². The Kier molecular flexibility index (Phi) is 3.72. The lowest BCUT2D eigenvalue weighted by Gasteiger charge is -2.21. The number of hydrogen-bond donors (Lipinski definition) is 2. The maximum atomic E-state index is 9.19. The monoisotopic (exact) mass is 210 g/mol. The van der Waals surface area contributed by atoms with Crippen LogP contribution in [0.15, 0.2) is 18.2 Å². The lowest BCUT2D eigenvalue weighted by atomic mass is 10.0. The van der Waals surface area contributed by atoms with Crippen LogP contribution in [-0.2, 0) is 12.8 Å². The maximum absolute atomic E-state index is 9.19. The summed E-state index contributed by atoms with van der Waals surface area (Å²) in [4.78, 5) is 0. The quantitative estimate of drug-likeness (QED) is 0.746. The predicted octanol–water partition coefficient (Wildman–Crippen LogP) is 1.85. The molecular formula is C12H18O3. The van der Waals surface area contributed by atoms with E-state index >= 15 is 0 Å². The van der Waals surface area contributed by atoms with Gasteiger partial charge in [0.05, 0.1) is 0 Å². The van der Waals surface area contributed by atoms with Gasteiger partial charge in [-0.2, -0.15) is 0 Å². The van der Waals surface area contributed by atoms with Gasteiger partial charge in [0.2, 0.25) is 0 Å². The van der Waals surface area contributed by atoms with Crippen LogP contribution in [0.3, 0.4) is 0 Å². The third-order valence-corrected chi connectivity index (χ3v) is 2.27. The van der Waals surface area contributed by atoms with Gasteiger partial charge in [-0.25, -0.2) is 0 Å². The Morgan fingerprint density at radius 1 is 1.20 bits per heavy atom. The first-order valence-electron chi connectivity index (χ1n) is 5.22. The van der Waals surface area contributed by atoms with Crippen molar-refractivity contribution in [2.75, 3.05) is 0 Å². The molecule has 1 aromatic rings. The lowest BCUT2D eigenvalue weighted by Crippen LogP contribution is -2.31. The number of aliphatic hydroxyl groups is 2. The summed E-state index contributed by atoms with van der Waals surface area (Å²) >= 11 is 0. The van der Waals surface area contributed by atoms with E-state index in [1.807, 2.05) is 19.1 Å². The highest BCUT2D eigenvalue weighted by Crippen LogP contribution is 2.25. The summed E-state index contributed by atoms with van der Waals surface area (Å²) in [5.41, 5.74) is 2.22. The van der Waals surface area contributed by atoms with E-state index in [4.69, 9.17) is 4.74 Å². The minimum Gasteiger partial charge on any atom is -0.439 e. The maximum Gasteiger partial charge on any atom is 0.318 e. The average Bonchev–Trinajstić information content (AvgIpc) is 2.15. The Bertz CT molecular complexity index is 326. The molecule has 0 amide bonds. The van der Waals surface area contributed by atoms with Crippen molar-refractivity contribution >= 4 is 0 Å². The van der Waals surface area contributed by atoms with E-state index in [-0.39, 0.29) is 0 Å². The molecule has 0 aromatic heterocycles. The van der Waals surface area contributed by atoms with Gasteiger partial charge in [-0.05, 0) is 30.0 Å². The molecule has 0 aliphatic rings. The second-order valence-corrected chi connectivity index (χ2v) is 3.64. The van der Waals surface area contributed by atoms with E-state index in [0.717, 1.165) is 18.4 Å². The average molecular weight is 210 g/mol. The summed E-state index contributed by atoms with van der Waals surface area (Å²) in [6, 6.07) is 5.64. The van der Waals surface area contributed by atoms with E-state index in [9.17, 15) is 10.2 Å². The zero-order valence-corrected chi connectivity index (χ0v) is 9.45.